The Hall–Kier alpha value is -3.92. The molecule has 1 saturated carbocycles. The molecule has 1 aliphatic carbocycles. The number of anilines is 2. The van der Waals surface area contributed by atoms with Crippen molar-refractivity contribution in [3.63, 3.8) is 0 Å². The molecule has 1 fully saturated rings. The van der Waals surface area contributed by atoms with Crippen molar-refractivity contribution in [1.82, 2.24) is 10.9 Å². The summed E-state index contributed by atoms with van der Waals surface area (Å²) in [5.41, 5.74) is 8.76. The number of methoxy groups -OCH3 is 1. The number of benzene rings is 2. The number of ether oxygens (including phenoxy) is 2. The van der Waals surface area contributed by atoms with Gasteiger partial charge in [0.25, 0.3) is 0 Å². The van der Waals surface area contributed by atoms with Crippen LogP contribution in [0.4, 0.5) is 16.2 Å². The van der Waals surface area contributed by atoms with Crippen molar-refractivity contribution in [2.45, 2.75) is 90.7 Å². The van der Waals surface area contributed by atoms with E-state index in [2.05, 4.69) is 21.5 Å². The van der Waals surface area contributed by atoms with Gasteiger partial charge in [-0.15, -0.1) is 0 Å². The average Bonchev–Trinajstić information content (AvgIpc) is 3.71. The molecule has 2 aromatic rings. The smallest absolute Gasteiger partial charge is 0.422 e. The van der Waals surface area contributed by atoms with Gasteiger partial charge in [0.1, 0.15) is 5.60 Å². The molecular weight excluding hydrogens is 548 g/mol. The molecule has 234 valence electrons. The zero-order chi connectivity index (χ0) is 31.6. The van der Waals surface area contributed by atoms with Crippen molar-refractivity contribution >= 4 is 35.3 Å². The van der Waals surface area contributed by atoms with Gasteiger partial charge < -0.3 is 20.1 Å². The predicted octanol–water partition coefficient (Wildman–Crippen LogP) is 5.70. The quantitative estimate of drug-likeness (QED) is 0.163. The van der Waals surface area contributed by atoms with E-state index in [0.29, 0.717) is 31.6 Å². The van der Waals surface area contributed by atoms with E-state index in [9.17, 15) is 19.2 Å². The van der Waals surface area contributed by atoms with Crippen molar-refractivity contribution in [2.75, 3.05) is 17.7 Å². The highest BCUT2D eigenvalue weighted by Crippen LogP contribution is 2.40. The third kappa shape index (κ3) is 12.1. The highest BCUT2D eigenvalue weighted by atomic mass is 16.6. The Morgan fingerprint density at radius 2 is 1.51 bits per heavy atom. The Bertz CT molecular complexity index is 1240. The second-order valence-corrected chi connectivity index (χ2v) is 12.5. The first-order chi connectivity index (χ1) is 20.3. The second kappa shape index (κ2) is 15.5. The van der Waals surface area contributed by atoms with Crippen molar-refractivity contribution < 1.29 is 28.7 Å². The van der Waals surface area contributed by atoms with Crippen molar-refractivity contribution in [3.05, 3.63) is 59.7 Å². The number of carbonyl (C=O) groups is 4. The monoisotopic (exact) mass is 594 g/mol. The van der Waals surface area contributed by atoms with Gasteiger partial charge in [-0.3, -0.25) is 19.8 Å². The largest absolute Gasteiger partial charge is 0.469 e. The molecule has 0 heterocycles. The summed E-state index contributed by atoms with van der Waals surface area (Å²) in [7, 11) is 1.37. The number of hydrogen-bond donors (Lipinski definition) is 4. The summed E-state index contributed by atoms with van der Waals surface area (Å²) in [5, 5.41) is 5.86. The van der Waals surface area contributed by atoms with Crippen molar-refractivity contribution in [2.24, 2.45) is 11.8 Å². The maximum absolute atomic E-state index is 12.5. The van der Waals surface area contributed by atoms with E-state index in [0.717, 1.165) is 35.3 Å². The molecule has 10 nitrogen and oxygen atoms in total. The van der Waals surface area contributed by atoms with Gasteiger partial charge in [-0.25, -0.2) is 10.2 Å². The molecule has 4 unspecified atom stereocenters. The summed E-state index contributed by atoms with van der Waals surface area (Å²) in [6.45, 7) is 9.21. The molecule has 0 bridgehead atoms. The summed E-state index contributed by atoms with van der Waals surface area (Å²) in [5.74, 6) is -0.284. The van der Waals surface area contributed by atoms with Crippen LogP contribution in [-0.4, -0.2) is 42.6 Å². The van der Waals surface area contributed by atoms with E-state index < -0.39 is 11.7 Å². The number of nitrogens with one attached hydrogen (secondary N) is 4. The van der Waals surface area contributed by atoms with Crippen LogP contribution < -0.4 is 21.5 Å². The zero-order valence-corrected chi connectivity index (χ0v) is 26.1. The van der Waals surface area contributed by atoms with Gasteiger partial charge in [0.15, 0.2) is 0 Å². The maximum Gasteiger partial charge on any atom is 0.422 e. The van der Waals surface area contributed by atoms with Crippen LogP contribution in [0.3, 0.4) is 0 Å². The van der Waals surface area contributed by atoms with Gasteiger partial charge in [-0.1, -0.05) is 38.1 Å². The minimum atomic E-state index is -0.546. The molecule has 4 N–H and O–H groups in total. The minimum Gasteiger partial charge on any atom is -0.469 e. The molecule has 2 aromatic carbocycles. The Labute approximate surface area is 254 Å². The van der Waals surface area contributed by atoms with E-state index in [4.69, 9.17) is 9.47 Å². The summed E-state index contributed by atoms with van der Waals surface area (Å²) in [6.07, 6.45) is 3.17. The standard InChI is InChI=1S/C33H46N4O6/c1-21(18-22(2)31(40)42-6)19-30(39)35-25-14-10-23(11-15-25)8-7-9-29(38)34-26-16-12-24(13-17-26)27-20-28(27)36-37-32(41)43-33(3,4)5/h10-17,21-22,27-28,36H,7-9,18-20H2,1-6H3,(H,34,38)(H,35,39)(H,37,41). The van der Waals surface area contributed by atoms with E-state index >= 15 is 0 Å². The molecule has 0 aliphatic heterocycles. The second-order valence-electron chi connectivity index (χ2n) is 12.5. The predicted molar refractivity (Wildman–Crippen MR) is 166 cm³/mol. The molecule has 4 atom stereocenters. The Kier molecular flexibility index (Phi) is 12.1. The zero-order valence-electron chi connectivity index (χ0n) is 26.1. The highest BCUT2D eigenvalue weighted by molar-refractivity contribution is 5.91. The number of amides is 3. The van der Waals surface area contributed by atoms with E-state index in [-0.39, 0.29) is 35.7 Å². The summed E-state index contributed by atoms with van der Waals surface area (Å²) >= 11 is 0. The third-order valence-electron chi connectivity index (χ3n) is 7.17. The molecule has 0 aromatic heterocycles. The third-order valence-corrected chi connectivity index (χ3v) is 7.17. The molecule has 43 heavy (non-hydrogen) atoms. The average molecular weight is 595 g/mol. The summed E-state index contributed by atoms with van der Waals surface area (Å²) in [6, 6.07) is 15.6. The Balaban J connectivity index is 1.32. The van der Waals surface area contributed by atoms with Gasteiger partial charge in [-0.05, 0) is 87.8 Å². The van der Waals surface area contributed by atoms with Gasteiger partial charge in [-0.2, -0.15) is 0 Å². The SMILES string of the molecule is COC(=O)C(C)CC(C)CC(=O)Nc1ccc(CCCC(=O)Nc2ccc(C3CC3NNC(=O)OC(C)(C)C)cc2)cc1. The Morgan fingerprint density at radius 3 is 2.12 bits per heavy atom. The summed E-state index contributed by atoms with van der Waals surface area (Å²) < 4.78 is 9.98. The van der Waals surface area contributed by atoms with E-state index in [1.807, 2.05) is 76.2 Å². The van der Waals surface area contributed by atoms with Gasteiger partial charge in [0.05, 0.1) is 13.0 Å². The van der Waals surface area contributed by atoms with Crippen LogP contribution >= 0.6 is 0 Å². The normalized spacial score (nSPS) is 17.3. The molecule has 0 spiro atoms. The highest BCUT2D eigenvalue weighted by Gasteiger charge is 2.38. The van der Waals surface area contributed by atoms with Crippen LogP contribution in [-0.2, 0) is 30.3 Å². The fourth-order valence-corrected chi connectivity index (χ4v) is 4.94. The lowest BCUT2D eigenvalue weighted by atomic mass is 9.94. The van der Waals surface area contributed by atoms with E-state index in [1.54, 1.807) is 6.92 Å². The first-order valence-electron chi connectivity index (χ1n) is 14.9. The van der Waals surface area contributed by atoms with Gasteiger partial charge in [0, 0.05) is 36.2 Å². The van der Waals surface area contributed by atoms with E-state index in [1.165, 1.54) is 7.11 Å². The molecular formula is C33H46N4O6. The van der Waals surface area contributed by atoms with Crippen LogP contribution in [0.5, 0.6) is 0 Å². The van der Waals surface area contributed by atoms with Crippen LogP contribution in [0, 0.1) is 11.8 Å². The first kappa shape index (κ1) is 33.6. The lowest BCUT2D eigenvalue weighted by Gasteiger charge is -2.19. The number of carbonyl (C=O) groups excluding carboxylic acids is 4. The van der Waals surface area contributed by atoms with Crippen LogP contribution in [0.25, 0.3) is 0 Å². The number of hydrazine groups is 1. The molecule has 0 radical (unpaired) electrons. The Morgan fingerprint density at radius 1 is 0.907 bits per heavy atom. The lowest BCUT2D eigenvalue weighted by Crippen LogP contribution is -2.42. The first-order valence-corrected chi connectivity index (χ1v) is 14.9. The minimum absolute atomic E-state index is 0.0419. The van der Waals surface area contributed by atoms with Crippen LogP contribution in [0.15, 0.2) is 48.5 Å². The number of hydrogen-bond acceptors (Lipinski definition) is 7. The molecule has 3 rings (SSSR count). The maximum atomic E-state index is 12.5. The topological polar surface area (TPSA) is 135 Å². The van der Waals surface area contributed by atoms with Gasteiger partial charge >= 0.3 is 12.1 Å². The van der Waals surface area contributed by atoms with Crippen LogP contribution in [0.2, 0.25) is 0 Å². The van der Waals surface area contributed by atoms with Crippen molar-refractivity contribution in [3.8, 4) is 0 Å². The number of aryl methyl sites for hydroxylation is 1. The fourth-order valence-electron chi connectivity index (χ4n) is 4.94. The molecule has 1 aliphatic rings. The molecule has 3 amide bonds. The summed E-state index contributed by atoms with van der Waals surface area (Å²) in [4.78, 5) is 48.3. The molecule has 10 heteroatoms. The number of esters is 1. The van der Waals surface area contributed by atoms with Gasteiger partial charge in [0.2, 0.25) is 11.8 Å². The van der Waals surface area contributed by atoms with Crippen molar-refractivity contribution in [1.29, 1.82) is 0 Å². The number of rotatable bonds is 14. The van der Waals surface area contributed by atoms with Crippen LogP contribution in [0.1, 0.15) is 83.8 Å². The molecule has 0 saturated heterocycles. The fraction of sp³-hybridized carbons (Fsp3) is 0.515. The lowest BCUT2D eigenvalue weighted by molar-refractivity contribution is -0.145.